The molecule has 1 fully saturated rings. The molecule has 0 aromatic heterocycles. The molecule has 4 rings (SSSR count). The van der Waals surface area contributed by atoms with Crippen molar-refractivity contribution in [3.05, 3.63) is 102 Å². The van der Waals surface area contributed by atoms with Gasteiger partial charge in [-0.25, -0.2) is 13.1 Å². The lowest BCUT2D eigenvalue weighted by Gasteiger charge is -2.37. The summed E-state index contributed by atoms with van der Waals surface area (Å²) in [5.74, 6) is -2.05. The number of amides is 2. The normalized spacial score (nSPS) is 15.4. The van der Waals surface area contributed by atoms with Crippen molar-refractivity contribution in [2.45, 2.75) is 42.0 Å². The Morgan fingerprint density at radius 3 is 1.92 bits per heavy atom. The van der Waals surface area contributed by atoms with Crippen molar-refractivity contribution < 1.29 is 31.2 Å². The lowest BCUT2D eigenvalue weighted by molar-refractivity contribution is -0.209. The van der Waals surface area contributed by atoms with Crippen molar-refractivity contribution in [2.24, 2.45) is 0 Å². The van der Waals surface area contributed by atoms with Gasteiger partial charge in [0.15, 0.2) is 0 Å². The molecule has 3 aromatic carbocycles. The van der Waals surface area contributed by atoms with E-state index in [0.29, 0.717) is 5.56 Å². The minimum Gasteiger partial charge on any atom is -0.322 e. The van der Waals surface area contributed by atoms with E-state index in [0.717, 1.165) is 25.0 Å². The standard InChI is InChI=1S/C26H24F3N3O4S/c27-26(28,29)25(20-9-5-2-6-10-20,31-24(34)19-7-3-1-4-8-19)30-23(33)17-18-11-15-22(16-12-18)37(35,36)32-21-13-14-21/h1-12,15-16,21,32H,13-14,17H2,(H,30,33)(H,31,34). The molecule has 1 unspecified atom stereocenters. The molecule has 0 spiro atoms. The summed E-state index contributed by atoms with van der Waals surface area (Å²) in [5.41, 5.74) is -3.32. The predicted molar refractivity (Wildman–Crippen MR) is 130 cm³/mol. The van der Waals surface area contributed by atoms with Crippen molar-refractivity contribution in [3.63, 3.8) is 0 Å². The van der Waals surface area contributed by atoms with Crippen LogP contribution in [0.1, 0.15) is 34.3 Å². The highest BCUT2D eigenvalue weighted by atomic mass is 32.2. The molecule has 3 aromatic rings. The average molecular weight is 532 g/mol. The summed E-state index contributed by atoms with van der Waals surface area (Å²) >= 11 is 0. The largest absolute Gasteiger partial charge is 0.435 e. The molecule has 0 radical (unpaired) electrons. The number of rotatable bonds is 9. The molecular weight excluding hydrogens is 507 g/mol. The first-order valence-electron chi connectivity index (χ1n) is 11.4. The Hall–Kier alpha value is -3.70. The SMILES string of the molecule is O=C(Cc1ccc(S(=O)(=O)NC2CC2)cc1)NC(NC(=O)c1ccccc1)(c1ccccc1)C(F)(F)F. The van der Waals surface area contributed by atoms with Gasteiger partial charge in [-0.3, -0.25) is 9.59 Å². The van der Waals surface area contributed by atoms with Gasteiger partial charge in [-0.2, -0.15) is 13.2 Å². The summed E-state index contributed by atoms with van der Waals surface area (Å²) in [6, 6.07) is 19.1. The fourth-order valence-electron chi connectivity index (χ4n) is 3.71. The maximum atomic E-state index is 14.6. The number of halogens is 3. The number of nitrogens with one attached hydrogen (secondary N) is 3. The van der Waals surface area contributed by atoms with Crippen LogP contribution in [0.5, 0.6) is 0 Å². The van der Waals surface area contributed by atoms with Crippen molar-refractivity contribution in [1.82, 2.24) is 15.4 Å². The van der Waals surface area contributed by atoms with E-state index in [1.54, 1.807) is 6.07 Å². The number of hydrogen-bond acceptors (Lipinski definition) is 4. The summed E-state index contributed by atoms with van der Waals surface area (Å²) in [6.45, 7) is 0. The van der Waals surface area contributed by atoms with Gasteiger partial charge >= 0.3 is 6.18 Å². The van der Waals surface area contributed by atoms with Gasteiger partial charge in [0, 0.05) is 17.2 Å². The van der Waals surface area contributed by atoms with E-state index in [1.165, 1.54) is 66.7 Å². The monoisotopic (exact) mass is 531 g/mol. The summed E-state index contributed by atoms with van der Waals surface area (Å²) < 4.78 is 71.1. The van der Waals surface area contributed by atoms with Crippen LogP contribution in [-0.2, 0) is 26.9 Å². The zero-order valence-corrected chi connectivity index (χ0v) is 20.3. The molecule has 1 aliphatic rings. The highest BCUT2D eigenvalue weighted by molar-refractivity contribution is 7.89. The second kappa shape index (κ2) is 10.3. The zero-order valence-electron chi connectivity index (χ0n) is 19.5. The Balaban J connectivity index is 1.59. The lowest BCUT2D eigenvalue weighted by atomic mass is 9.96. The maximum absolute atomic E-state index is 14.6. The molecule has 7 nitrogen and oxygen atoms in total. The minimum absolute atomic E-state index is 0.00685. The van der Waals surface area contributed by atoms with Crippen LogP contribution in [-0.4, -0.2) is 32.5 Å². The molecule has 0 bridgehead atoms. The first kappa shape index (κ1) is 26.4. The van der Waals surface area contributed by atoms with Crippen molar-refractivity contribution in [2.75, 3.05) is 0 Å². The molecule has 2 amide bonds. The summed E-state index contributed by atoms with van der Waals surface area (Å²) in [6.07, 6.45) is -4.07. The Morgan fingerprint density at radius 1 is 0.811 bits per heavy atom. The van der Waals surface area contributed by atoms with E-state index in [-0.39, 0.29) is 22.1 Å². The van der Waals surface area contributed by atoms with Gasteiger partial charge in [-0.05, 0) is 42.7 Å². The average Bonchev–Trinajstić information content (AvgIpc) is 3.67. The fourth-order valence-corrected chi connectivity index (χ4v) is 5.02. The number of benzene rings is 3. The van der Waals surface area contributed by atoms with E-state index < -0.39 is 40.1 Å². The van der Waals surface area contributed by atoms with E-state index >= 15 is 0 Å². The Bertz CT molecular complexity index is 1360. The zero-order chi connectivity index (χ0) is 26.7. The van der Waals surface area contributed by atoms with Crippen LogP contribution >= 0.6 is 0 Å². The maximum Gasteiger partial charge on any atom is 0.435 e. The molecule has 0 aliphatic heterocycles. The molecule has 194 valence electrons. The first-order chi connectivity index (χ1) is 17.5. The molecule has 11 heteroatoms. The van der Waals surface area contributed by atoms with Crippen LogP contribution in [0.15, 0.2) is 89.8 Å². The smallest absolute Gasteiger partial charge is 0.322 e. The second-order valence-electron chi connectivity index (χ2n) is 8.70. The third kappa shape index (κ3) is 6.17. The Morgan fingerprint density at radius 2 is 1.38 bits per heavy atom. The fraction of sp³-hybridized carbons (Fsp3) is 0.231. The lowest BCUT2D eigenvalue weighted by Crippen LogP contribution is -2.66. The van der Waals surface area contributed by atoms with Crippen molar-refractivity contribution >= 4 is 21.8 Å². The Kier molecular flexibility index (Phi) is 7.37. The van der Waals surface area contributed by atoms with Gasteiger partial charge in [-0.15, -0.1) is 0 Å². The molecule has 3 N–H and O–H groups in total. The highest BCUT2D eigenvalue weighted by Gasteiger charge is 2.58. The molecule has 0 heterocycles. The van der Waals surface area contributed by atoms with Gasteiger partial charge in [0.25, 0.3) is 5.91 Å². The van der Waals surface area contributed by atoms with E-state index in [9.17, 15) is 31.2 Å². The summed E-state index contributed by atoms with van der Waals surface area (Å²) in [4.78, 5) is 25.7. The number of carbonyl (C=O) groups is 2. The van der Waals surface area contributed by atoms with E-state index in [4.69, 9.17) is 0 Å². The predicted octanol–water partition coefficient (Wildman–Crippen LogP) is 3.63. The topological polar surface area (TPSA) is 104 Å². The van der Waals surface area contributed by atoms with Crippen LogP contribution in [0.4, 0.5) is 13.2 Å². The van der Waals surface area contributed by atoms with Gasteiger partial charge < -0.3 is 10.6 Å². The highest BCUT2D eigenvalue weighted by Crippen LogP contribution is 2.37. The first-order valence-corrected chi connectivity index (χ1v) is 12.9. The second-order valence-corrected chi connectivity index (χ2v) is 10.4. The third-order valence-electron chi connectivity index (χ3n) is 5.79. The van der Waals surface area contributed by atoms with Gasteiger partial charge in [0.2, 0.25) is 21.6 Å². The minimum atomic E-state index is -5.11. The van der Waals surface area contributed by atoms with Gasteiger partial charge in [0.1, 0.15) is 0 Å². The number of sulfonamides is 1. The van der Waals surface area contributed by atoms with E-state index in [1.807, 2.05) is 10.6 Å². The van der Waals surface area contributed by atoms with Crippen LogP contribution in [0.3, 0.4) is 0 Å². The van der Waals surface area contributed by atoms with Crippen LogP contribution in [0.2, 0.25) is 0 Å². The molecule has 1 atom stereocenters. The molecule has 1 aliphatic carbocycles. The number of hydrogen-bond donors (Lipinski definition) is 3. The molecule has 0 saturated heterocycles. The van der Waals surface area contributed by atoms with E-state index in [2.05, 4.69) is 4.72 Å². The Labute approximate surface area is 212 Å². The summed E-state index contributed by atoms with van der Waals surface area (Å²) in [5, 5.41) is 3.98. The number of carbonyl (C=O) groups excluding carboxylic acids is 2. The summed E-state index contributed by atoms with van der Waals surface area (Å²) in [7, 11) is -3.71. The quantitative estimate of drug-likeness (QED) is 0.367. The third-order valence-corrected chi connectivity index (χ3v) is 7.33. The van der Waals surface area contributed by atoms with Crippen LogP contribution in [0.25, 0.3) is 0 Å². The van der Waals surface area contributed by atoms with Crippen LogP contribution < -0.4 is 15.4 Å². The molecule has 37 heavy (non-hydrogen) atoms. The van der Waals surface area contributed by atoms with Crippen molar-refractivity contribution in [1.29, 1.82) is 0 Å². The molecular formula is C26H24F3N3O4S. The van der Waals surface area contributed by atoms with Crippen LogP contribution in [0, 0.1) is 0 Å². The number of alkyl halides is 3. The van der Waals surface area contributed by atoms with Gasteiger partial charge in [-0.1, -0.05) is 60.7 Å². The van der Waals surface area contributed by atoms with Crippen molar-refractivity contribution in [3.8, 4) is 0 Å². The van der Waals surface area contributed by atoms with Gasteiger partial charge in [0.05, 0.1) is 11.3 Å². The molecule has 1 saturated carbocycles.